The molecule has 3 rings (SSSR count). The smallest absolute Gasteiger partial charge is 0.171 e. The zero-order valence-electron chi connectivity index (χ0n) is 14.5. The molecule has 0 spiro atoms. The first-order chi connectivity index (χ1) is 11.6. The van der Waals surface area contributed by atoms with Crippen molar-refractivity contribution in [3.63, 3.8) is 0 Å². The molecule has 1 atom stereocenters. The van der Waals surface area contributed by atoms with Crippen LogP contribution >= 0.6 is 12.2 Å². The molecule has 0 bridgehead atoms. The highest BCUT2D eigenvalue weighted by Crippen LogP contribution is 2.32. The second-order valence-electron chi connectivity index (χ2n) is 6.43. The molecule has 24 heavy (non-hydrogen) atoms. The van der Waals surface area contributed by atoms with Gasteiger partial charge in [-0.25, -0.2) is 0 Å². The van der Waals surface area contributed by atoms with Crippen molar-refractivity contribution in [2.45, 2.75) is 39.2 Å². The summed E-state index contributed by atoms with van der Waals surface area (Å²) in [5.41, 5.74) is 6.20. The number of hydrogen-bond donors (Lipinski definition) is 2. The fourth-order valence-corrected chi connectivity index (χ4v) is 3.59. The van der Waals surface area contributed by atoms with E-state index in [0.29, 0.717) is 5.11 Å². The number of hydrogen-bond acceptors (Lipinski definition) is 2. The van der Waals surface area contributed by atoms with E-state index in [-0.39, 0.29) is 6.04 Å². The first kappa shape index (κ1) is 16.8. The number of fused-ring (bicyclic) bond motifs is 1. The standard InChI is InChI=1S/C20H24N2OS/c1-13-7-10-18(14(2)11-13)21-20(24)22-19-6-4-5-15-12-16(23-3)8-9-17(15)19/h7-12,19H,4-6H2,1-3H3,(H2,21,22,24)/t19-/m1/s1. The van der Waals surface area contributed by atoms with Crippen LogP contribution in [0, 0.1) is 13.8 Å². The lowest BCUT2D eigenvalue weighted by molar-refractivity contribution is 0.412. The van der Waals surface area contributed by atoms with E-state index < -0.39 is 0 Å². The Morgan fingerprint density at radius 2 is 2.00 bits per heavy atom. The van der Waals surface area contributed by atoms with Crippen LogP contribution in [0.2, 0.25) is 0 Å². The monoisotopic (exact) mass is 340 g/mol. The highest BCUT2D eigenvalue weighted by molar-refractivity contribution is 7.80. The molecular weight excluding hydrogens is 316 g/mol. The molecule has 126 valence electrons. The Balaban J connectivity index is 1.71. The summed E-state index contributed by atoms with van der Waals surface area (Å²) in [6.45, 7) is 4.20. The molecule has 2 aromatic carbocycles. The van der Waals surface area contributed by atoms with Crippen molar-refractivity contribution in [3.8, 4) is 5.75 Å². The first-order valence-electron chi connectivity index (χ1n) is 8.38. The summed E-state index contributed by atoms with van der Waals surface area (Å²) in [6.07, 6.45) is 3.35. The van der Waals surface area contributed by atoms with Gasteiger partial charge in [-0.05, 0) is 80.2 Å². The number of ether oxygens (including phenoxy) is 1. The minimum absolute atomic E-state index is 0.255. The van der Waals surface area contributed by atoms with Crippen molar-refractivity contribution in [2.24, 2.45) is 0 Å². The van der Waals surface area contributed by atoms with Gasteiger partial charge in [0.1, 0.15) is 5.75 Å². The Morgan fingerprint density at radius 1 is 1.17 bits per heavy atom. The molecule has 0 unspecified atom stereocenters. The van der Waals surface area contributed by atoms with E-state index in [0.717, 1.165) is 30.7 Å². The van der Waals surface area contributed by atoms with Crippen LogP contribution in [-0.4, -0.2) is 12.2 Å². The number of aryl methyl sites for hydroxylation is 3. The van der Waals surface area contributed by atoms with E-state index in [1.165, 1.54) is 22.3 Å². The topological polar surface area (TPSA) is 33.3 Å². The average molecular weight is 340 g/mol. The highest BCUT2D eigenvalue weighted by atomic mass is 32.1. The lowest BCUT2D eigenvalue weighted by Crippen LogP contribution is -2.34. The minimum Gasteiger partial charge on any atom is -0.497 e. The normalized spacial score (nSPS) is 16.2. The van der Waals surface area contributed by atoms with Crippen LogP contribution in [0.5, 0.6) is 5.75 Å². The minimum atomic E-state index is 0.255. The highest BCUT2D eigenvalue weighted by Gasteiger charge is 2.21. The van der Waals surface area contributed by atoms with E-state index in [9.17, 15) is 0 Å². The summed E-state index contributed by atoms with van der Waals surface area (Å²) < 4.78 is 5.34. The molecule has 3 nitrogen and oxygen atoms in total. The van der Waals surface area contributed by atoms with Crippen LogP contribution in [0.1, 0.15) is 41.1 Å². The predicted molar refractivity (Wildman–Crippen MR) is 104 cm³/mol. The van der Waals surface area contributed by atoms with Crippen LogP contribution in [0.3, 0.4) is 0 Å². The average Bonchev–Trinajstić information content (AvgIpc) is 2.57. The maximum Gasteiger partial charge on any atom is 0.171 e. The molecule has 0 saturated heterocycles. The molecular formula is C20H24N2OS. The van der Waals surface area contributed by atoms with Crippen molar-refractivity contribution in [3.05, 3.63) is 58.7 Å². The molecule has 1 aliphatic rings. The van der Waals surface area contributed by atoms with Gasteiger partial charge < -0.3 is 15.4 Å². The number of nitrogens with one attached hydrogen (secondary N) is 2. The summed E-state index contributed by atoms with van der Waals surface area (Å²) in [6, 6.07) is 12.9. The fourth-order valence-electron chi connectivity index (χ4n) is 3.34. The van der Waals surface area contributed by atoms with Gasteiger partial charge in [0.25, 0.3) is 0 Å². The third kappa shape index (κ3) is 3.70. The van der Waals surface area contributed by atoms with E-state index in [1.807, 2.05) is 6.07 Å². The third-order valence-electron chi connectivity index (χ3n) is 4.60. The molecule has 0 fully saturated rings. The largest absolute Gasteiger partial charge is 0.497 e. The summed E-state index contributed by atoms with van der Waals surface area (Å²) in [4.78, 5) is 0. The summed E-state index contributed by atoms with van der Waals surface area (Å²) in [5.74, 6) is 0.922. The lowest BCUT2D eigenvalue weighted by atomic mass is 9.87. The number of methoxy groups -OCH3 is 1. The van der Waals surface area contributed by atoms with Crippen LogP contribution < -0.4 is 15.4 Å². The van der Waals surface area contributed by atoms with Gasteiger partial charge in [0.15, 0.2) is 5.11 Å². The Morgan fingerprint density at radius 3 is 2.75 bits per heavy atom. The van der Waals surface area contributed by atoms with E-state index in [4.69, 9.17) is 17.0 Å². The fraction of sp³-hybridized carbons (Fsp3) is 0.350. The Labute approximate surface area is 149 Å². The molecule has 4 heteroatoms. The maximum atomic E-state index is 5.54. The summed E-state index contributed by atoms with van der Waals surface area (Å²) >= 11 is 5.54. The molecule has 2 aromatic rings. The van der Waals surface area contributed by atoms with Gasteiger partial charge in [-0.15, -0.1) is 0 Å². The molecule has 0 amide bonds. The summed E-state index contributed by atoms with van der Waals surface area (Å²) in [7, 11) is 1.71. The molecule has 2 N–H and O–H groups in total. The van der Waals surface area contributed by atoms with Gasteiger partial charge in [0, 0.05) is 5.69 Å². The van der Waals surface area contributed by atoms with E-state index in [2.05, 4.69) is 54.8 Å². The number of benzene rings is 2. The van der Waals surface area contributed by atoms with Crippen LogP contribution in [0.4, 0.5) is 5.69 Å². The molecule has 0 aliphatic heterocycles. The van der Waals surface area contributed by atoms with Crippen LogP contribution in [0.15, 0.2) is 36.4 Å². The van der Waals surface area contributed by atoms with E-state index >= 15 is 0 Å². The Hall–Kier alpha value is -2.07. The second-order valence-corrected chi connectivity index (χ2v) is 6.83. The van der Waals surface area contributed by atoms with Crippen molar-refractivity contribution >= 4 is 23.0 Å². The van der Waals surface area contributed by atoms with Crippen LogP contribution in [-0.2, 0) is 6.42 Å². The van der Waals surface area contributed by atoms with Crippen molar-refractivity contribution in [1.29, 1.82) is 0 Å². The summed E-state index contributed by atoms with van der Waals surface area (Å²) in [5, 5.41) is 7.49. The maximum absolute atomic E-state index is 5.54. The predicted octanol–water partition coefficient (Wildman–Crippen LogP) is 4.68. The quantitative estimate of drug-likeness (QED) is 0.795. The van der Waals surface area contributed by atoms with Gasteiger partial charge in [-0.3, -0.25) is 0 Å². The Bertz CT molecular complexity index is 757. The first-order valence-corrected chi connectivity index (χ1v) is 8.79. The molecule has 0 radical (unpaired) electrons. The molecule has 0 saturated carbocycles. The van der Waals surface area contributed by atoms with Gasteiger partial charge in [-0.2, -0.15) is 0 Å². The number of thiocarbonyl (C=S) groups is 1. The molecule has 0 heterocycles. The molecule has 0 aromatic heterocycles. The third-order valence-corrected chi connectivity index (χ3v) is 4.82. The zero-order chi connectivity index (χ0) is 17.1. The second kappa shape index (κ2) is 7.22. The van der Waals surface area contributed by atoms with Crippen molar-refractivity contribution in [1.82, 2.24) is 5.32 Å². The SMILES string of the molecule is COc1ccc2c(c1)CCC[C@H]2NC(=S)Nc1ccc(C)cc1C. The Kier molecular flexibility index (Phi) is 5.05. The van der Waals surface area contributed by atoms with E-state index in [1.54, 1.807) is 7.11 Å². The van der Waals surface area contributed by atoms with Crippen molar-refractivity contribution in [2.75, 3.05) is 12.4 Å². The van der Waals surface area contributed by atoms with Gasteiger partial charge >= 0.3 is 0 Å². The van der Waals surface area contributed by atoms with Gasteiger partial charge in [0.05, 0.1) is 13.2 Å². The number of anilines is 1. The van der Waals surface area contributed by atoms with Crippen molar-refractivity contribution < 1.29 is 4.74 Å². The zero-order valence-corrected chi connectivity index (χ0v) is 15.3. The molecule has 1 aliphatic carbocycles. The lowest BCUT2D eigenvalue weighted by Gasteiger charge is -2.28. The number of rotatable bonds is 3. The van der Waals surface area contributed by atoms with Gasteiger partial charge in [0.2, 0.25) is 0 Å². The van der Waals surface area contributed by atoms with Gasteiger partial charge in [-0.1, -0.05) is 23.8 Å². The van der Waals surface area contributed by atoms with Crippen LogP contribution in [0.25, 0.3) is 0 Å².